The first-order valence-electron chi connectivity index (χ1n) is 22.9. The van der Waals surface area contributed by atoms with Crippen molar-refractivity contribution in [3.63, 3.8) is 0 Å². The average Bonchev–Trinajstić information content (AvgIpc) is 3.73. The normalized spacial score (nSPS) is 31.1. The van der Waals surface area contributed by atoms with E-state index in [4.69, 9.17) is 9.97 Å². The zero-order valence-corrected chi connectivity index (χ0v) is 38.4. The number of aliphatic hydroxyl groups is 2. The summed E-state index contributed by atoms with van der Waals surface area (Å²) >= 11 is 0. The maximum absolute atomic E-state index is 13.9. The molecule has 5 aliphatic heterocycles. The first-order chi connectivity index (χ1) is 29.8. The number of rotatable bonds is 11. The highest BCUT2D eigenvalue weighted by atomic mass is 32.2. The molecule has 2 amide bonds. The van der Waals surface area contributed by atoms with E-state index in [9.17, 15) is 36.6 Å². The maximum Gasteiger partial charge on any atom is 0.228 e. The first kappa shape index (κ1) is 44.6. The third-order valence-corrected chi connectivity index (χ3v) is 19.6. The monoisotopic (exact) mass is 913 g/mol. The molecular formula is C42H63N11O8S2. The van der Waals surface area contributed by atoms with Crippen LogP contribution in [0.15, 0.2) is 12.4 Å². The minimum Gasteiger partial charge on any atom is -0.388 e. The third kappa shape index (κ3) is 8.21. The number of aryl methyl sites for hydroxylation is 2. The molecule has 5 unspecified atom stereocenters. The molecule has 2 aliphatic carbocycles. The van der Waals surface area contributed by atoms with Gasteiger partial charge in [-0.25, -0.2) is 35.4 Å². The van der Waals surface area contributed by atoms with E-state index in [-0.39, 0.29) is 55.5 Å². The van der Waals surface area contributed by atoms with E-state index in [1.54, 1.807) is 54.2 Å². The standard InChI is InChI=1S/C42H63N11O8S2/c1-26(2)62(58,59)50-18-13-29(14-19-50)45-40-44-23-28-8-12-36(55)53(38(28)48-40)34-10-9-33(42(34,4)57)49-24-31(25-49)63(60,61)51-20-15-30(16-21-51)46-39-43-22-27-7-11-35(54)52(37(27)47-39)32-6-5-17-41(32,3)56/h22-23,26,29-34,56-57H,5-21,24-25H2,1-4H3,(H,43,46,47)(H,44,45,48). The number of amides is 2. The molecule has 5 atom stereocenters. The number of anilines is 4. The van der Waals surface area contributed by atoms with Gasteiger partial charge in [-0.15, -0.1) is 0 Å². The molecular weight excluding hydrogens is 851 g/mol. The molecule has 3 saturated heterocycles. The Morgan fingerprint density at radius 3 is 1.67 bits per heavy atom. The van der Waals surface area contributed by atoms with E-state index in [2.05, 4.69) is 20.6 Å². The number of likely N-dealkylation sites (tertiary alicyclic amines) is 1. The molecule has 5 fully saturated rings. The quantitative estimate of drug-likeness (QED) is 0.251. The van der Waals surface area contributed by atoms with Gasteiger partial charge in [0.25, 0.3) is 0 Å². The summed E-state index contributed by atoms with van der Waals surface area (Å²) in [4.78, 5) is 50.8. The van der Waals surface area contributed by atoms with Crippen molar-refractivity contribution >= 4 is 55.4 Å². The number of sulfonamides is 2. The Labute approximate surface area is 370 Å². The number of hydrogen-bond donors (Lipinski definition) is 4. The topological polar surface area (TPSA) is 235 Å². The number of carbonyl (C=O) groups excluding carboxylic acids is 2. The van der Waals surface area contributed by atoms with Crippen LogP contribution in [0.25, 0.3) is 0 Å². The summed E-state index contributed by atoms with van der Waals surface area (Å²) in [7, 11) is -6.95. The molecule has 2 aromatic rings. The minimum absolute atomic E-state index is 0.0379. The number of nitrogens with zero attached hydrogens (tertiary/aromatic N) is 9. The first-order valence-corrected chi connectivity index (χ1v) is 25.9. The van der Waals surface area contributed by atoms with E-state index < -0.39 is 47.8 Å². The Kier molecular flexibility index (Phi) is 11.8. The zero-order valence-electron chi connectivity index (χ0n) is 36.8. The molecule has 0 aromatic carbocycles. The second-order valence-corrected chi connectivity index (χ2v) is 24.3. The molecule has 0 spiro atoms. The van der Waals surface area contributed by atoms with E-state index in [1.807, 2.05) is 4.90 Å². The summed E-state index contributed by atoms with van der Waals surface area (Å²) in [6, 6.07) is -1.35. The summed E-state index contributed by atoms with van der Waals surface area (Å²) in [6.07, 6.45) is 10.7. The molecule has 19 nitrogen and oxygen atoms in total. The Balaban J connectivity index is 0.794. The number of hydrogen-bond acceptors (Lipinski definition) is 15. The van der Waals surface area contributed by atoms with Gasteiger partial charge in [0.15, 0.2) is 0 Å². The molecule has 0 bridgehead atoms. The van der Waals surface area contributed by atoms with Crippen LogP contribution >= 0.6 is 0 Å². The highest BCUT2D eigenvalue weighted by Gasteiger charge is 2.56. The predicted molar refractivity (Wildman–Crippen MR) is 236 cm³/mol. The fourth-order valence-corrected chi connectivity index (χ4v) is 14.4. The smallest absolute Gasteiger partial charge is 0.228 e. The summed E-state index contributed by atoms with van der Waals surface area (Å²) < 4.78 is 56.4. The molecule has 63 heavy (non-hydrogen) atoms. The molecule has 2 aromatic heterocycles. The van der Waals surface area contributed by atoms with Crippen LogP contribution in [0.2, 0.25) is 0 Å². The fourth-order valence-electron chi connectivity index (χ4n) is 11.2. The van der Waals surface area contributed by atoms with Crippen molar-refractivity contribution in [3.05, 3.63) is 23.5 Å². The van der Waals surface area contributed by atoms with Gasteiger partial charge in [-0.3, -0.25) is 24.3 Å². The Hall–Kier alpha value is -3.60. The van der Waals surface area contributed by atoms with Crippen molar-refractivity contribution in [2.45, 2.75) is 163 Å². The van der Waals surface area contributed by atoms with E-state index in [1.165, 1.54) is 4.31 Å². The lowest BCUT2D eigenvalue weighted by atomic mass is 9.90. The maximum atomic E-state index is 13.9. The number of fused-ring (bicyclic) bond motifs is 2. The summed E-state index contributed by atoms with van der Waals surface area (Å²) in [5.41, 5.74) is -0.628. The van der Waals surface area contributed by atoms with Gasteiger partial charge in [-0.1, -0.05) is 0 Å². The van der Waals surface area contributed by atoms with Crippen LogP contribution < -0.4 is 20.4 Å². The number of carbonyl (C=O) groups is 2. The van der Waals surface area contributed by atoms with Crippen molar-refractivity contribution in [1.82, 2.24) is 33.4 Å². The second kappa shape index (κ2) is 16.7. The van der Waals surface area contributed by atoms with Crippen LogP contribution in [0.4, 0.5) is 23.5 Å². The van der Waals surface area contributed by atoms with Crippen LogP contribution in [-0.2, 0) is 42.5 Å². The summed E-state index contributed by atoms with van der Waals surface area (Å²) in [6.45, 7) is 8.97. The molecule has 2 saturated carbocycles. The van der Waals surface area contributed by atoms with E-state index >= 15 is 0 Å². The zero-order chi connectivity index (χ0) is 44.6. The van der Waals surface area contributed by atoms with Crippen LogP contribution in [0.5, 0.6) is 0 Å². The Morgan fingerprint density at radius 1 is 0.683 bits per heavy atom. The molecule has 7 heterocycles. The lowest BCUT2D eigenvalue weighted by Gasteiger charge is -2.49. The number of aromatic nitrogens is 4. The second-order valence-electron chi connectivity index (χ2n) is 19.6. The Bertz CT molecular complexity index is 2310. The average molecular weight is 914 g/mol. The molecule has 21 heteroatoms. The van der Waals surface area contributed by atoms with Gasteiger partial charge >= 0.3 is 0 Å². The summed E-state index contributed by atoms with van der Waals surface area (Å²) in [5, 5.41) is 28.9. The van der Waals surface area contributed by atoms with E-state index in [0.29, 0.717) is 120 Å². The van der Waals surface area contributed by atoms with Crippen LogP contribution in [0, 0.1) is 0 Å². The largest absolute Gasteiger partial charge is 0.388 e. The Morgan fingerprint density at radius 2 is 1.17 bits per heavy atom. The van der Waals surface area contributed by atoms with Gasteiger partial charge in [-0.2, -0.15) is 9.97 Å². The predicted octanol–water partition coefficient (Wildman–Crippen LogP) is 1.62. The van der Waals surface area contributed by atoms with Crippen LogP contribution in [-0.4, -0.2) is 163 Å². The minimum atomic E-state index is -3.62. The molecule has 9 rings (SSSR count). The highest BCUT2D eigenvalue weighted by Crippen LogP contribution is 2.44. The molecule has 7 aliphatic rings. The fraction of sp³-hybridized carbons (Fsp3) is 0.762. The van der Waals surface area contributed by atoms with Crippen molar-refractivity contribution in [2.24, 2.45) is 0 Å². The number of nitrogens with one attached hydrogen (secondary N) is 2. The third-order valence-electron chi connectivity index (χ3n) is 15.1. The van der Waals surface area contributed by atoms with Gasteiger partial charge in [0.2, 0.25) is 43.8 Å². The van der Waals surface area contributed by atoms with Crippen molar-refractivity contribution < 1.29 is 36.6 Å². The lowest BCUT2D eigenvalue weighted by Crippen LogP contribution is -2.67. The number of piperidine rings is 2. The van der Waals surface area contributed by atoms with Gasteiger partial charge in [0.1, 0.15) is 16.9 Å². The molecule has 0 radical (unpaired) electrons. The summed E-state index contributed by atoms with van der Waals surface area (Å²) in [5.74, 6) is 1.60. The van der Waals surface area contributed by atoms with Gasteiger partial charge in [-0.05, 0) is 98.3 Å². The van der Waals surface area contributed by atoms with E-state index in [0.717, 1.165) is 17.5 Å². The lowest BCUT2D eigenvalue weighted by molar-refractivity contribution is -0.121. The SMILES string of the molecule is CC(C)S(=O)(=O)N1CCC(Nc2ncc3c(n2)N(C2CCC(N4CC(S(=O)(=O)N5CCC(Nc6ncc7c(n6)N(C6CCCC6(C)O)C(=O)CC7)CC5)C4)C2(C)O)C(=O)CC3)CC1. The van der Waals surface area contributed by atoms with Crippen LogP contribution in [0.1, 0.15) is 109 Å². The van der Waals surface area contributed by atoms with Crippen LogP contribution in [0.3, 0.4) is 0 Å². The highest BCUT2D eigenvalue weighted by molar-refractivity contribution is 7.90. The molecule has 4 N–H and O–H groups in total. The van der Waals surface area contributed by atoms with Crippen molar-refractivity contribution in [1.29, 1.82) is 0 Å². The van der Waals surface area contributed by atoms with Crippen molar-refractivity contribution in [2.75, 3.05) is 59.7 Å². The molecule has 346 valence electrons. The van der Waals surface area contributed by atoms with Crippen molar-refractivity contribution in [3.8, 4) is 0 Å². The van der Waals surface area contributed by atoms with Gasteiger partial charge < -0.3 is 20.8 Å². The van der Waals surface area contributed by atoms with Gasteiger partial charge in [0, 0.05) is 93.8 Å². The van der Waals surface area contributed by atoms with Gasteiger partial charge in [0.05, 0.1) is 28.5 Å².